The van der Waals surface area contributed by atoms with Crippen molar-refractivity contribution < 1.29 is 43.3 Å². The van der Waals surface area contributed by atoms with Crippen LogP contribution in [0.2, 0.25) is 0 Å². The number of nitrogens with zero attached hydrogens (tertiary/aromatic N) is 2. The molecule has 1 amide bonds. The molecule has 1 aliphatic heterocycles. The molecule has 5 rings (SSSR count). The Bertz CT molecular complexity index is 1300. The molecule has 4 N–H and O–H groups in total. The van der Waals surface area contributed by atoms with E-state index in [1.54, 1.807) is 0 Å². The van der Waals surface area contributed by atoms with Crippen molar-refractivity contribution in [3.8, 4) is 11.5 Å². The summed E-state index contributed by atoms with van der Waals surface area (Å²) in [5.74, 6) is -10.7. The maximum Gasteiger partial charge on any atom is 0.235 e. The van der Waals surface area contributed by atoms with Gasteiger partial charge >= 0.3 is 0 Å². The third-order valence-corrected chi connectivity index (χ3v) is 8.90. The van der Waals surface area contributed by atoms with Crippen LogP contribution in [0.5, 0.6) is 11.5 Å². The van der Waals surface area contributed by atoms with Crippen LogP contribution in [-0.2, 0) is 32.1 Å². The standard InChI is InChI=1S/C27H32FN3O8/c1-30(2)20-15-7-11-6-14-18(16(32)8-12(23(14)39-3)9-31-5-4-13(28)10-31)21(33)17(11)24(35)27(15,38)25(36)19(22(20)34)26(29)37/h8,11,13,15,17,19-20,32,38H,4-7,9-10H2,1-3H3,(H2,29,37)/t11-,13+,15-,17?,19?,20-,27-/m0/s1. The molecule has 4 aliphatic rings. The fourth-order valence-electron chi connectivity index (χ4n) is 7.26. The van der Waals surface area contributed by atoms with Gasteiger partial charge in [-0.15, -0.1) is 0 Å². The Labute approximate surface area is 224 Å². The monoisotopic (exact) mass is 545 g/mol. The zero-order valence-corrected chi connectivity index (χ0v) is 22.0. The van der Waals surface area contributed by atoms with Crippen LogP contribution in [0.4, 0.5) is 4.39 Å². The van der Waals surface area contributed by atoms with Crippen molar-refractivity contribution in [1.82, 2.24) is 9.80 Å². The van der Waals surface area contributed by atoms with Crippen LogP contribution in [0.1, 0.15) is 34.3 Å². The average molecular weight is 546 g/mol. The van der Waals surface area contributed by atoms with E-state index in [0.717, 1.165) is 0 Å². The minimum absolute atomic E-state index is 0.0479. The van der Waals surface area contributed by atoms with Crippen LogP contribution in [0.3, 0.4) is 0 Å². The zero-order chi connectivity index (χ0) is 28.5. The first-order valence-electron chi connectivity index (χ1n) is 13.0. The Morgan fingerprint density at radius 3 is 2.51 bits per heavy atom. The number of primary amides is 1. The summed E-state index contributed by atoms with van der Waals surface area (Å²) in [6.45, 7) is 1.05. The number of ether oxygens (including phenoxy) is 1. The second kappa shape index (κ2) is 9.46. The van der Waals surface area contributed by atoms with E-state index in [0.29, 0.717) is 29.8 Å². The van der Waals surface area contributed by atoms with E-state index < -0.39 is 70.5 Å². The highest BCUT2D eigenvalue weighted by Crippen LogP contribution is 2.52. The molecule has 0 bridgehead atoms. The fourth-order valence-corrected chi connectivity index (χ4v) is 7.26. The topological polar surface area (TPSA) is 168 Å². The minimum Gasteiger partial charge on any atom is -0.507 e. The number of hydrogen-bond donors (Lipinski definition) is 3. The smallest absolute Gasteiger partial charge is 0.235 e. The number of amides is 1. The molecule has 3 aliphatic carbocycles. The number of aliphatic hydroxyl groups is 1. The molecule has 0 radical (unpaired) electrons. The number of benzene rings is 1. The fraction of sp³-hybridized carbons (Fsp3) is 0.593. The summed E-state index contributed by atoms with van der Waals surface area (Å²) in [4.78, 5) is 69.5. The summed E-state index contributed by atoms with van der Waals surface area (Å²) in [7, 11) is 4.48. The van der Waals surface area contributed by atoms with E-state index in [-0.39, 0.29) is 37.2 Å². The second-order valence-corrected chi connectivity index (χ2v) is 11.4. The lowest BCUT2D eigenvalue weighted by molar-refractivity contribution is -0.181. The van der Waals surface area contributed by atoms with E-state index >= 15 is 0 Å². The third kappa shape index (κ3) is 3.91. The SMILES string of the molecule is COc1c(CN2CC[C@@H](F)C2)cc(O)c2c1C[C@H]1C[C@H]3[C@H](N(C)C)C(=O)C(C(N)=O)C(=O)[C@@]3(O)C(=O)C1C2=O. The van der Waals surface area contributed by atoms with Gasteiger partial charge < -0.3 is 20.7 Å². The van der Waals surface area contributed by atoms with Gasteiger partial charge in [-0.25, -0.2) is 4.39 Å². The molecule has 0 aromatic heterocycles. The number of carbonyl (C=O) groups is 5. The number of phenolic OH excluding ortho intramolecular Hbond substituents is 1. The molecule has 0 spiro atoms. The first-order valence-corrected chi connectivity index (χ1v) is 13.0. The Morgan fingerprint density at radius 1 is 1.26 bits per heavy atom. The Kier molecular flexibility index (Phi) is 6.63. The number of likely N-dealkylation sites (tertiary alicyclic amines) is 1. The summed E-state index contributed by atoms with van der Waals surface area (Å²) in [5, 5.41) is 22.5. The number of methoxy groups -OCH3 is 1. The molecule has 3 fully saturated rings. The molecule has 2 saturated carbocycles. The number of phenols is 1. The van der Waals surface area contributed by atoms with Crippen LogP contribution < -0.4 is 10.5 Å². The summed E-state index contributed by atoms with van der Waals surface area (Å²) < 4.78 is 19.4. The lowest BCUT2D eigenvalue weighted by atomic mass is 9.52. The van der Waals surface area contributed by atoms with Gasteiger partial charge in [0.15, 0.2) is 34.7 Å². The van der Waals surface area contributed by atoms with Gasteiger partial charge in [0.2, 0.25) is 5.91 Å². The number of fused-ring (bicyclic) bond motifs is 3. The number of aromatic hydroxyl groups is 1. The Hall–Kier alpha value is -3.22. The number of nitrogens with two attached hydrogens (primary N) is 1. The summed E-state index contributed by atoms with van der Waals surface area (Å²) in [6, 6.07) is 0.194. The van der Waals surface area contributed by atoms with E-state index in [1.807, 2.05) is 4.90 Å². The largest absolute Gasteiger partial charge is 0.507 e. The number of alkyl halides is 1. The first-order chi connectivity index (χ1) is 18.3. The van der Waals surface area contributed by atoms with Gasteiger partial charge in [0.05, 0.1) is 24.6 Å². The number of ketones is 4. The number of rotatable bonds is 5. The van der Waals surface area contributed by atoms with E-state index in [4.69, 9.17) is 10.5 Å². The minimum atomic E-state index is -2.77. The molecule has 39 heavy (non-hydrogen) atoms. The maximum absolute atomic E-state index is 13.9. The van der Waals surface area contributed by atoms with Gasteiger partial charge in [0.1, 0.15) is 17.7 Å². The van der Waals surface area contributed by atoms with E-state index in [1.165, 1.54) is 32.2 Å². The van der Waals surface area contributed by atoms with Crippen LogP contribution in [0.25, 0.3) is 0 Å². The van der Waals surface area contributed by atoms with Gasteiger partial charge in [0.25, 0.3) is 0 Å². The molecule has 1 heterocycles. The molecular formula is C27H32FN3O8. The van der Waals surface area contributed by atoms with E-state index in [2.05, 4.69) is 0 Å². The van der Waals surface area contributed by atoms with Crippen molar-refractivity contribution >= 4 is 29.0 Å². The lowest BCUT2D eigenvalue weighted by Gasteiger charge is -2.52. The van der Waals surface area contributed by atoms with Gasteiger partial charge in [-0.1, -0.05) is 0 Å². The highest BCUT2D eigenvalue weighted by atomic mass is 19.1. The molecule has 7 atom stereocenters. The maximum atomic E-state index is 13.9. The zero-order valence-electron chi connectivity index (χ0n) is 22.0. The molecule has 210 valence electrons. The number of carbonyl (C=O) groups excluding carboxylic acids is 5. The third-order valence-electron chi connectivity index (χ3n) is 8.90. The highest BCUT2D eigenvalue weighted by Gasteiger charge is 2.69. The summed E-state index contributed by atoms with van der Waals surface area (Å²) in [6.07, 6.45) is -0.499. The van der Waals surface area contributed by atoms with Gasteiger partial charge in [-0.2, -0.15) is 0 Å². The Morgan fingerprint density at radius 2 is 1.95 bits per heavy atom. The van der Waals surface area contributed by atoms with Crippen LogP contribution >= 0.6 is 0 Å². The molecule has 11 nitrogen and oxygen atoms in total. The lowest BCUT2D eigenvalue weighted by Crippen LogP contribution is -2.74. The van der Waals surface area contributed by atoms with Gasteiger partial charge in [0, 0.05) is 36.7 Å². The first kappa shape index (κ1) is 27.4. The van der Waals surface area contributed by atoms with Crippen LogP contribution in [-0.4, -0.2) is 101 Å². The van der Waals surface area contributed by atoms with Crippen molar-refractivity contribution in [3.05, 3.63) is 22.8 Å². The van der Waals surface area contributed by atoms with Crippen molar-refractivity contribution in [2.45, 2.75) is 43.6 Å². The van der Waals surface area contributed by atoms with Crippen molar-refractivity contribution in [1.29, 1.82) is 0 Å². The Balaban J connectivity index is 1.59. The number of hydrogen-bond acceptors (Lipinski definition) is 10. The van der Waals surface area contributed by atoms with Gasteiger partial charge in [-0.3, -0.25) is 33.8 Å². The average Bonchev–Trinajstić information content (AvgIpc) is 3.25. The predicted molar refractivity (Wildman–Crippen MR) is 133 cm³/mol. The van der Waals surface area contributed by atoms with Crippen LogP contribution in [0, 0.1) is 23.7 Å². The van der Waals surface area contributed by atoms with E-state index in [9.17, 15) is 38.6 Å². The molecule has 12 heteroatoms. The quantitative estimate of drug-likeness (QED) is 0.407. The van der Waals surface area contributed by atoms with Gasteiger partial charge in [-0.05, 0) is 45.3 Å². The van der Waals surface area contributed by atoms with Crippen LogP contribution in [0.15, 0.2) is 6.07 Å². The molecule has 1 saturated heterocycles. The number of likely N-dealkylation sites (N-methyl/N-ethyl adjacent to an activating group) is 1. The molecule has 1 aromatic carbocycles. The molecule has 1 aromatic rings. The van der Waals surface area contributed by atoms with Crippen molar-refractivity contribution in [2.24, 2.45) is 29.4 Å². The van der Waals surface area contributed by atoms with Crippen molar-refractivity contribution in [2.75, 3.05) is 34.3 Å². The predicted octanol–water partition coefficient (Wildman–Crippen LogP) is -0.581. The summed E-state index contributed by atoms with van der Waals surface area (Å²) >= 11 is 0. The molecule has 2 unspecified atom stereocenters. The number of Topliss-reactive ketones (excluding diaryl/α,β-unsaturated/α-hetero) is 4. The number of halogens is 1. The van der Waals surface area contributed by atoms with Crippen molar-refractivity contribution in [3.63, 3.8) is 0 Å². The molecular weight excluding hydrogens is 513 g/mol. The summed E-state index contributed by atoms with van der Waals surface area (Å²) in [5.41, 5.74) is 3.38. The highest BCUT2D eigenvalue weighted by molar-refractivity contribution is 6.32. The normalized spacial score (nSPS) is 34.6. The second-order valence-electron chi connectivity index (χ2n) is 11.4.